The number of imide groups is 1. The van der Waals surface area contributed by atoms with E-state index in [-0.39, 0.29) is 25.3 Å². The van der Waals surface area contributed by atoms with Crippen LogP contribution < -0.4 is 16.0 Å². The molecule has 0 spiro atoms. The van der Waals surface area contributed by atoms with E-state index in [0.717, 1.165) is 0 Å². The molecule has 0 rings (SSSR count). The minimum Gasteiger partial charge on any atom is -0.481 e. The van der Waals surface area contributed by atoms with Gasteiger partial charge in [0.15, 0.2) is 0 Å². The van der Waals surface area contributed by atoms with E-state index in [0.29, 0.717) is 12.5 Å². The van der Waals surface area contributed by atoms with Crippen molar-refractivity contribution in [1.82, 2.24) is 16.0 Å². The molecular weight excluding hydrogens is 254 g/mol. The van der Waals surface area contributed by atoms with Gasteiger partial charge in [-0.05, 0) is 5.92 Å². The van der Waals surface area contributed by atoms with Gasteiger partial charge in [0.05, 0.1) is 13.0 Å². The number of hydrogen-bond acceptors (Lipinski definition) is 4. The van der Waals surface area contributed by atoms with Crippen molar-refractivity contribution < 1.29 is 24.3 Å². The van der Waals surface area contributed by atoms with E-state index in [1.807, 2.05) is 19.2 Å². The minimum absolute atomic E-state index is 0.245. The lowest BCUT2D eigenvalue weighted by Gasteiger charge is -2.09. The molecule has 0 saturated heterocycles. The first-order valence-corrected chi connectivity index (χ1v) is 5.87. The van der Waals surface area contributed by atoms with Crippen molar-refractivity contribution in [2.75, 3.05) is 13.1 Å². The molecule has 19 heavy (non-hydrogen) atoms. The fourth-order valence-corrected chi connectivity index (χ4v) is 0.995. The number of carboxylic acids is 1. The molecule has 0 unspecified atom stereocenters. The van der Waals surface area contributed by atoms with E-state index >= 15 is 0 Å². The van der Waals surface area contributed by atoms with Crippen LogP contribution in [-0.4, -0.2) is 42.0 Å². The van der Waals surface area contributed by atoms with E-state index in [2.05, 4.69) is 10.6 Å². The molecule has 0 fully saturated rings. The molecule has 8 heteroatoms. The first kappa shape index (κ1) is 16.9. The molecule has 0 aromatic carbocycles. The molecule has 0 saturated carbocycles. The molecule has 0 radical (unpaired) electrons. The number of rotatable bonds is 7. The van der Waals surface area contributed by atoms with Gasteiger partial charge < -0.3 is 15.7 Å². The van der Waals surface area contributed by atoms with Crippen LogP contribution in [0.4, 0.5) is 4.79 Å². The number of carbonyl (C=O) groups excluding carboxylic acids is 3. The van der Waals surface area contributed by atoms with E-state index in [1.165, 1.54) is 0 Å². The third kappa shape index (κ3) is 10.7. The number of amides is 4. The Morgan fingerprint density at radius 2 is 1.63 bits per heavy atom. The summed E-state index contributed by atoms with van der Waals surface area (Å²) in [5.41, 5.74) is 0. The lowest BCUT2D eigenvalue weighted by atomic mass is 10.2. The van der Waals surface area contributed by atoms with Gasteiger partial charge in [-0.3, -0.25) is 19.7 Å². The van der Waals surface area contributed by atoms with Crippen LogP contribution in [0.1, 0.15) is 26.7 Å². The van der Waals surface area contributed by atoms with Gasteiger partial charge in [-0.15, -0.1) is 0 Å². The highest BCUT2D eigenvalue weighted by atomic mass is 16.4. The maximum atomic E-state index is 11.2. The summed E-state index contributed by atoms with van der Waals surface area (Å²) in [5.74, 6) is -1.89. The summed E-state index contributed by atoms with van der Waals surface area (Å²) in [4.78, 5) is 43.7. The maximum absolute atomic E-state index is 11.2. The van der Waals surface area contributed by atoms with Gasteiger partial charge in [0.2, 0.25) is 11.8 Å². The Bertz CT molecular complexity index is 354. The summed E-state index contributed by atoms with van der Waals surface area (Å²) in [5, 5.41) is 15.0. The van der Waals surface area contributed by atoms with Crippen molar-refractivity contribution in [2.24, 2.45) is 5.92 Å². The van der Waals surface area contributed by atoms with Gasteiger partial charge in [-0.25, -0.2) is 4.79 Å². The van der Waals surface area contributed by atoms with Gasteiger partial charge in [0.25, 0.3) is 0 Å². The molecule has 0 aromatic heterocycles. The second kappa shape index (κ2) is 8.90. The van der Waals surface area contributed by atoms with Gasteiger partial charge >= 0.3 is 12.0 Å². The molecular formula is C11H19N3O5. The van der Waals surface area contributed by atoms with Gasteiger partial charge in [0.1, 0.15) is 0 Å². The topological polar surface area (TPSA) is 125 Å². The van der Waals surface area contributed by atoms with Crippen molar-refractivity contribution in [3.63, 3.8) is 0 Å². The number of aliphatic carboxylic acids is 1. The molecule has 4 N–H and O–H groups in total. The predicted molar refractivity (Wildman–Crippen MR) is 66.3 cm³/mol. The van der Waals surface area contributed by atoms with Crippen LogP contribution in [-0.2, 0) is 14.4 Å². The molecule has 0 bridgehead atoms. The normalized spacial score (nSPS) is 9.84. The number of urea groups is 1. The first-order valence-electron chi connectivity index (χ1n) is 5.87. The van der Waals surface area contributed by atoms with Crippen LogP contribution in [0.3, 0.4) is 0 Å². The molecule has 0 atom stereocenters. The standard InChI is InChI=1S/C11H19N3O5/c1-7(2)5-12-9(16)6-13-11(19)14-8(15)3-4-10(17)18/h7H,3-6H2,1-2H3,(H,12,16)(H,17,18)(H2,13,14,15,19). The summed E-state index contributed by atoms with van der Waals surface area (Å²) in [6.45, 7) is 4.12. The summed E-state index contributed by atoms with van der Waals surface area (Å²) in [6.07, 6.45) is -0.643. The van der Waals surface area contributed by atoms with E-state index < -0.39 is 17.9 Å². The van der Waals surface area contributed by atoms with Crippen LogP contribution in [0, 0.1) is 5.92 Å². The highest BCUT2D eigenvalue weighted by molar-refractivity contribution is 5.96. The fourth-order valence-electron chi connectivity index (χ4n) is 0.995. The van der Waals surface area contributed by atoms with Crippen LogP contribution in [0.2, 0.25) is 0 Å². The molecule has 4 amide bonds. The Morgan fingerprint density at radius 3 is 2.16 bits per heavy atom. The predicted octanol–water partition coefficient (Wildman–Crippen LogP) is -0.551. The second-order valence-corrected chi connectivity index (χ2v) is 4.32. The molecule has 0 heterocycles. The van der Waals surface area contributed by atoms with E-state index in [1.54, 1.807) is 0 Å². The number of hydrogen-bond donors (Lipinski definition) is 4. The average molecular weight is 273 g/mol. The Balaban J connectivity index is 3.77. The summed E-state index contributed by atoms with van der Waals surface area (Å²) in [6, 6.07) is -0.824. The largest absolute Gasteiger partial charge is 0.481 e. The van der Waals surface area contributed by atoms with Crippen LogP contribution in [0.25, 0.3) is 0 Å². The lowest BCUT2D eigenvalue weighted by molar-refractivity contribution is -0.138. The Kier molecular flexibility index (Phi) is 7.90. The number of carboxylic acid groups (broad SMARTS) is 1. The molecule has 0 aliphatic rings. The second-order valence-electron chi connectivity index (χ2n) is 4.32. The Labute approximate surface area is 110 Å². The molecule has 0 aliphatic heterocycles. The highest BCUT2D eigenvalue weighted by Gasteiger charge is 2.10. The van der Waals surface area contributed by atoms with E-state index in [4.69, 9.17) is 5.11 Å². The zero-order valence-corrected chi connectivity index (χ0v) is 11.0. The van der Waals surface area contributed by atoms with Gasteiger partial charge in [-0.2, -0.15) is 0 Å². The summed E-state index contributed by atoms with van der Waals surface area (Å²) < 4.78 is 0. The van der Waals surface area contributed by atoms with Crippen LogP contribution in [0.5, 0.6) is 0 Å². The molecule has 8 nitrogen and oxygen atoms in total. The molecule has 108 valence electrons. The third-order valence-electron chi connectivity index (χ3n) is 1.94. The first-order chi connectivity index (χ1) is 8.81. The quantitative estimate of drug-likeness (QED) is 0.495. The van der Waals surface area contributed by atoms with Crippen molar-refractivity contribution in [2.45, 2.75) is 26.7 Å². The Morgan fingerprint density at radius 1 is 1.00 bits per heavy atom. The molecule has 0 aromatic rings. The molecule has 0 aliphatic carbocycles. The number of nitrogens with one attached hydrogen (secondary N) is 3. The minimum atomic E-state index is -1.12. The Hall–Kier alpha value is -2.12. The maximum Gasteiger partial charge on any atom is 0.321 e. The van der Waals surface area contributed by atoms with Crippen LogP contribution >= 0.6 is 0 Å². The smallest absolute Gasteiger partial charge is 0.321 e. The monoisotopic (exact) mass is 273 g/mol. The van der Waals surface area contributed by atoms with Gasteiger partial charge in [0, 0.05) is 13.0 Å². The zero-order valence-electron chi connectivity index (χ0n) is 11.0. The van der Waals surface area contributed by atoms with Crippen molar-refractivity contribution >= 4 is 23.8 Å². The summed E-state index contributed by atoms with van der Waals surface area (Å²) in [7, 11) is 0. The lowest BCUT2D eigenvalue weighted by Crippen LogP contribution is -2.44. The van der Waals surface area contributed by atoms with Crippen molar-refractivity contribution in [3.8, 4) is 0 Å². The van der Waals surface area contributed by atoms with Crippen molar-refractivity contribution in [3.05, 3.63) is 0 Å². The SMILES string of the molecule is CC(C)CNC(=O)CNC(=O)NC(=O)CCC(=O)O. The summed E-state index contributed by atoms with van der Waals surface area (Å²) >= 11 is 0. The van der Waals surface area contributed by atoms with Crippen LogP contribution in [0.15, 0.2) is 0 Å². The highest BCUT2D eigenvalue weighted by Crippen LogP contribution is 1.88. The fraction of sp³-hybridized carbons (Fsp3) is 0.636. The zero-order chi connectivity index (χ0) is 14.8. The van der Waals surface area contributed by atoms with Gasteiger partial charge in [-0.1, -0.05) is 13.8 Å². The average Bonchev–Trinajstić information content (AvgIpc) is 2.31. The third-order valence-corrected chi connectivity index (χ3v) is 1.94. The number of carbonyl (C=O) groups is 4. The van der Waals surface area contributed by atoms with E-state index in [9.17, 15) is 19.2 Å². The van der Waals surface area contributed by atoms with Crippen molar-refractivity contribution in [1.29, 1.82) is 0 Å².